The van der Waals surface area contributed by atoms with E-state index in [9.17, 15) is 13.2 Å². The Balaban J connectivity index is 2.16. The fourth-order valence-corrected chi connectivity index (χ4v) is 4.35. The Bertz CT molecular complexity index is 916. The molecular formula is C17H18BrClN2O3S. The fraction of sp³-hybridized carbons (Fsp3) is 0.235. The van der Waals surface area contributed by atoms with Crippen molar-refractivity contribution in [2.45, 2.75) is 18.7 Å². The van der Waals surface area contributed by atoms with E-state index in [1.807, 2.05) is 26.0 Å². The number of amides is 1. The predicted molar refractivity (Wildman–Crippen MR) is 104 cm³/mol. The van der Waals surface area contributed by atoms with E-state index in [1.54, 1.807) is 12.1 Å². The number of nitrogens with zero attached hydrogens (tertiary/aromatic N) is 1. The van der Waals surface area contributed by atoms with Gasteiger partial charge in [-0.15, -0.1) is 0 Å². The van der Waals surface area contributed by atoms with Crippen molar-refractivity contribution >= 4 is 49.1 Å². The number of aryl methyl sites for hydroxylation is 1. The van der Waals surface area contributed by atoms with Gasteiger partial charge in [0, 0.05) is 17.2 Å². The molecule has 2 aromatic carbocycles. The summed E-state index contributed by atoms with van der Waals surface area (Å²) < 4.78 is 26.9. The molecule has 0 radical (unpaired) electrons. The first-order valence-corrected chi connectivity index (χ1v) is 10.0. The lowest BCUT2D eigenvalue weighted by molar-refractivity contribution is -0.116. The summed E-state index contributed by atoms with van der Waals surface area (Å²) in [4.78, 5) is 12.2. The minimum atomic E-state index is -3.87. The molecule has 0 unspecified atom stereocenters. The van der Waals surface area contributed by atoms with Crippen LogP contribution in [0.3, 0.4) is 0 Å². The molecule has 0 saturated heterocycles. The summed E-state index contributed by atoms with van der Waals surface area (Å²) in [5.41, 5.74) is 2.65. The molecule has 0 saturated carbocycles. The second-order valence-electron chi connectivity index (χ2n) is 5.63. The van der Waals surface area contributed by atoms with Gasteiger partial charge in [0.15, 0.2) is 0 Å². The summed E-state index contributed by atoms with van der Waals surface area (Å²) in [6.07, 6.45) is 0. The highest BCUT2D eigenvalue weighted by Gasteiger charge is 2.25. The molecule has 2 aromatic rings. The van der Waals surface area contributed by atoms with E-state index in [-0.39, 0.29) is 16.5 Å². The van der Waals surface area contributed by atoms with E-state index in [2.05, 4.69) is 21.2 Å². The van der Waals surface area contributed by atoms with Gasteiger partial charge in [0.05, 0.1) is 11.6 Å². The monoisotopic (exact) mass is 444 g/mol. The fourth-order valence-electron chi connectivity index (χ4n) is 2.22. The average Bonchev–Trinajstić information content (AvgIpc) is 2.51. The van der Waals surface area contributed by atoms with Gasteiger partial charge in [-0.25, -0.2) is 8.42 Å². The minimum Gasteiger partial charge on any atom is -0.325 e. The lowest BCUT2D eigenvalue weighted by Gasteiger charge is -2.18. The number of nitrogens with one attached hydrogen (secondary N) is 1. The quantitative estimate of drug-likeness (QED) is 0.757. The summed E-state index contributed by atoms with van der Waals surface area (Å²) in [6.45, 7) is 3.52. The van der Waals surface area contributed by atoms with Crippen molar-refractivity contribution in [2.24, 2.45) is 0 Å². The van der Waals surface area contributed by atoms with E-state index in [0.717, 1.165) is 15.4 Å². The first-order valence-electron chi connectivity index (χ1n) is 7.40. The molecule has 0 spiro atoms. The van der Waals surface area contributed by atoms with Gasteiger partial charge in [0.1, 0.15) is 4.90 Å². The minimum absolute atomic E-state index is 0.0422. The van der Waals surface area contributed by atoms with Crippen molar-refractivity contribution < 1.29 is 13.2 Å². The molecule has 0 fully saturated rings. The highest BCUT2D eigenvalue weighted by atomic mass is 79.9. The smallest absolute Gasteiger partial charge is 0.244 e. The summed E-state index contributed by atoms with van der Waals surface area (Å²) in [5, 5.41) is 2.84. The zero-order chi connectivity index (χ0) is 18.8. The Hall–Kier alpha value is -1.41. The second-order valence-corrected chi connectivity index (χ2v) is 8.97. The van der Waals surface area contributed by atoms with Crippen LogP contribution in [0.2, 0.25) is 5.02 Å². The van der Waals surface area contributed by atoms with Crippen molar-refractivity contribution in [1.29, 1.82) is 0 Å². The first kappa shape index (κ1) is 19.9. The third-order valence-corrected chi connectivity index (χ3v) is 6.61. The lowest BCUT2D eigenvalue weighted by atomic mass is 10.1. The number of halogens is 2. The third-order valence-electron chi connectivity index (χ3n) is 3.83. The highest BCUT2D eigenvalue weighted by Crippen LogP contribution is 2.27. The normalized spacial score (nSPS) is 11.6. The van der Waals surface area contributed by atoms with Crippen molar-refractivity contribution in [3.63, 3.8) is 0 Å². The highest BCUT2D eigenvalue weighted by molar-refractivity contribution is 9.10. The summed E-state index contributed by atoms with van der Waals surface area (Å²) in [5.74, 6) is -0.423. The van der Waals surface area contributed by atoms with Crippen LogP contribution in [0.25, 0.3) is 0 Å². The van der Waals surface area contributed by atoms with Crippen molar-refractivity contribution in [3.8, 4) is 0 Å². The standard InChI is InChI=1S/C17H18BrClN2O3S/c1-11-5-4-6-15(12(11)2)20-17(22)10-21(3)25(23,24)16-8-7-13(18)9-14(16)19/h4-9H,10H2,1-3H3,(H,20,22). The van der Waals surface area contributed by atoms with Gasteiger partial charge in [-0.3, -0.25) is 4.79 Å². The van der Waals surface area contributed by atoms with E-state index >= 15 is 0 Å². The van der Waals surface area contributed by atoms with Crippen LogP contribution in [0, 0.1) is 13.8 Å². The summed E-state index contributed by atoms with van der Waals surface area (Å²) in [7, 11) is -2.53. The number of likely N-dealkylation sites (N-methyl/N-ethyl adjacent to an activating group) is 1. The van der Waals surface area contributed by atoms with Crippen LogP contribution < -0.4 is 5.32 Å². The number of benzene rings is 2. The van der Waals surface area contributed by atoms with Crippen LogP contribution in [0.15, 0.2) is 45.8 Å². The van der Waals surface area contributed by atoms with Crippen LogP contribution in [0.1, 0.15) is 11.1 Å². The number of sulfonamides is 1. The van der Waals surface area contributed by atoms with Crippen LogP contribution in [0.5, 0.6) is 0 Å². The Kier molecular flexibility index (Phi) is 6.26. The van der Waals surface area contributed by atoms with Crippen LogP contribution >= 0.6 is 27.5 Å². The number of carbonyl (C=O) groups excluding carboxylic acids is 1. The van der Waals surface area contributed by atoms with Gasteiger partial charge >= 0.3 is 0 Å². The molecule has 2 rings (SSSR count). The van der Waals surface area contributed by atoms with Gasteiger partial charge in [-0.1, -0.05) is 39.7 Å². The molecule has 0 atom stereocenters. The molecule has 1 amide bonds. The van der Waals surface area contributed by atoms with E-state index in [1.165, 1.54) is 19.2 Å². The Morgan fingerprint density at radius 1 is 1.24 bits per heavy atom. The maximum Gasteiger partial charge on any atom is 0.244 e. The van der Waals surface area contributed by atoms with Crippen molar-refractivity contribution in [2.75, 3.05) is 18.9 Å². The van der Waals surface area contributed by atoms with E-state index < -0.39 is 15.9 Å². The predicted octanol–water partition coefficient (Wildman–Crippen LogP) is 3.98. The van der Waals surface area contributed by atoms with Crippen molar-refractivity contribution in [1.82, 2.24) is 4.31 Å². The van der Waals surface area contributed by atoms with Crippen LogP contribution in [0.4, 0.5) is 5.69 Å². The summed E-state index contributed by atoms with van der Waals surface area (Å²) >= 11 is 9.26. The number of hydrogen-bond donors (Lipinski definition) is 1. The molecule has 0 bridgehead atoms. The molecule has 5 nitrogen and oxygen atoms in total. The second kappa shape index (κ2) is 7.86. The maximum atomic E-state index is 12.6. The van der Waals surface area contributed by atoms with E-state index in [4.69, 9.17) is 11.6 Å². The molecular weight excluding hydrogens is 428 g/mol. The maximum absolute atomic E-state index is 12.6. The lowest BCUT2D eigenvalue weighted by Crippen LogP contribution is -2.35. The Morgan fingerprint density at radius 3 is 2.56 bits per heavy atom. The van der Waals surface area contributed by atoms with Gasteiger partial charge in [0.25, 0.3) is 0 Å². The molecule has 1 N–H and O–H groups in total. The number of hydrogen-bond acceptors (Lipinski definition) is 3. The zero-order valence-electron chi connectivity index (χ0n) is 14.0. The number of carbonyl (C=O) groups is 1. The van der Waals surface area contributed by atoms with Gasteiger partial charge < -0.3 is 5.32 Å². The molecule has 0 aliphatic carbocycles. The molecule has 134 valence electrons. The topological polar surface area (TPSA) is 66.5 Å². The van der Waals surface area contributed by atoms with Crippen LogP contribution in [-0.4, -0.2) is 32.2 Å². The Morgan fingerprint density at radius 2 is 1.92 bits per heavy atom. The van der Waals surface area contributed by atoms with Gasteiger partial charge in [-0.2, -0.15) is 4.31 Å². The summed E-state index contributed by atoms with van der Waals surface area (Å²) in [6, 6.07) is 10.0. The molecule has 8 heteroatoms. The van der Waals surface area contributed by atoms with Crippen LogP contribution in [-0.2, 0) is 14.8 Å². The molecule has 0 aliphatic heterocycles. The molecule has 0 aromatic heterocycles. The van der Waals surface area contributed by atoms with Gasteiger partial charge in [0.2, 0.25) is 15.9 Å². The molecule has 0 heterocycles. The van der Waals surface area contributed by atoms with Gasteiger partial charge in [-0.05, 0) is 49.2 Å². The first-order chi connectivity index (χ1) is 11.6. The number of rotatable bonds is 5. The SMILES string of the molecule is Cc1cccc(NC(=O)CN(C)S(=O)(=O)c2ccc(Br)cc2Cl)c1C. The van der Waals surface area contributed by atoms with E-state index in [0.29, 0.717) is 10.2 Å². The average molecular weight is 446 g/mol. The molecule has 25 heavy (non-hydrogen) atoms. The molecule has 0 aliphatic rings. The van der Waals surface area contributed by atoms with Crippen molar-refractivity contribution in [3.05, 3.63) is 57.0 Å². The number of anilines is 1. The third kappa shape index (κ3) is 4.61. The zero-order valence-corrected chi connectivity index (χ0v) is 17.2. The largest absolute Gasteiger partial charge is 0.325 e. The Labute approximate surface area is 161 Å².